The van der Waals surface area contributed by atoms with E-state index in [9.17, 15) is 18.3 Å². The number of rotatable bonds is 2. The third kappa shape index (κ3) is 5.35. The van der Waals surface area contributed by atoms with Crippen molar-refractivity contribution in [2.75, 3.05) is 13.1 Å². The summed E-state index contributed by atoms with van der Waals surface area (Å²) >= 11 is 0. The van der Waals surface area contributed by atoms with Gasteiger partial charge in [0.15, 0.2) is 0 Å². The number of halogens is 3. The highest BCUT2D eigenvalue weighted by Gasteiger charge is 2.33. The zero-order valence-corrected chi connectivity index (χ0v) is 15.6. The second kappa shape index (κ2) is 9.24. The summed E-state index contributed by atoms with van der Waals surface area (Å²) in [5.74, 6) is 1.66. The molecule has 0 saturated heterocycles. The van der Waals surface area contributed by atoms with E-state index in [1.54, 1.807) is 36.4 Å². The number of alkyl halides is 3. The second-order valence-electron chi connectivity index (χ2n) is 7.12. The van der Waals surface area contributed by atoms with Crippen molar-refractivity contribution in [1.82, 2.24) is 5.32 Å². The fourth-order valence-electron chi connectivity index (χ4n) is 3.70. The first-order chi connectivity index (χ1) is 13.4. The molecule has 0 radical (unpaired) electrons. The lowest BCUT2D eigenvalue weighted by atomic mass is 9.86. The summed E-state index contributed by atoms with van der Waals surface area (Å²) in [6.07, 6.45) is -0.175. The fraction of sp³-hybridized carbons (Fsp3) is 0.409. The molecule has 2 aromatic carbocycles. The van der Waals surface area contributed by atoms with Gasteiger partial charge in [0, 0.05) is 12.5 Å². The first kappa shape index (κ1) is 20.4. The Morgan fingerprint density at radius 3 is 2.32 bits per heavy atom. The van der Waals surface area contributed by atoms with Crippen LogP contribution in [0.2, 0.25) is 0 Å². The minimum Gasteiger partial charge on any atom is -0.393 e. The fourth-order valence-corrected chi connectivity index (χ4v) is 3.70. The van der Waals surface area contributed by atoms with Gasteiger partial charge >= 0.3 is 6.18 Å². The maximum atomic E-state index is 12.7. The summed E-state index contributed by atoms with van der Waals surface area (Å²) in [6, 6.07) is 14.2. The molecule has 2 unspecified atom stereocenters. The van der Waals surface area contributed by atoms with E-state index in [2.05, 4.69) is 10.3 Å². The molecule has 28 heavy (non-hydrogen) atoms. The molecule has 0 spiro atoms. The molecule has 2 aromatic rings. The maximum absolute atomic E-state index is 12.7. The van der Waals surface area contributed by atoms with Crippen LogP contribution in [0.1, 0.15) is 31.2 Å². The Morgan fingerprint density at radius 1 is 0.964 bits per heavy atom. The summed E-state index contributed by atoms with van der Waals surface area (Å²) in [6.45, 7) is 1.91. The van der Waals surface area contributed by atoms with Crippen LogP contribution in [0.15, 0.2) is 59.6 Å². The van der Waals surface area contributed by atoms with Crippen LogP contribution in [0, 0.1) is 5.92 Å². The number of amidine groups is 1. The molecule has 0 bridgehead atoms. The average molecular weight is 390 g/mol. The van der Waals surface area contributed by atoms with Gasteiger partial charge in [-0.2, -0.15) is 13.2 Å². The van der Waals surface area contributed by atoms with Crippen LogP contribution >= 0.6 is 0 Å². The highest BCUT2D eigenvalue weighted by atomic mass is 19.4. The standard InChI is InChI=1S/C13H9F3.C9H16N2O/c14-13(15,16)12-9-5-4-8-11(12)10-6-2-1-3-7-10;12-8-3-1-2-7(6-8)9-10-4-5-11-9/h1-9H;7-8,12H,1-6H2,(H,10,11). The van der Waals surface area contributed by atoms with Gasteiger partial charge in [-0.25, -0.2) is 0 Å². The van der Waals surface area contributed by atoms with Gasteiger partial charge in [-0.3, -0.25) is 4.99 Å². The van der Waals surface area contributed by atoms with E-state index in [0.29, 0.717) is 11.5 Å². The Balaban J connectivity index is 0.000000167. The van der Waals surface area contributed by atoms with E-state index in [-0.39, 0.29) is 11.7 Å². The van der Waals surface area contributed by atoms with Gasteiger partial charge in [0.2, 0.25) is 0 Å². The number of nitrogens with zero attached hydrogens (tertiary/aromatic N) is 1. The zero-order chi connectivity index (χ0) is 20.0. The van der Waals surface area contributed by atoms with Crippen molar-refractivity contribution in [3.8, 4) is 11.1 Å². The minimum atomic E-state index is -4.31. The van der Waals surface area contributed by atoms with Gasteiger partial charge in [0.05, 0.1) is 24.0 Å². The normalized spacial score (nSPS) is 21.9. The van der Waals surface area contributed by atoms with Gasteiger partial charge in [-0.05, 0) is 36.5 Å². The number of aliphatic hydroxyl groups excluding tert-OH is 1. The Hall–Kier alpha value is -2.34. The lowest BCUT2D eigenvalue weighted by molar-refractivity contribution is -0.137. The van der Waals surface area contributed by atoms with Crippen molar-refractivity contribution < 1.29 is 18.3 Å². The zero-order valence-electron chi connectivity index (χ0n) is 15.6. The number of benzene rings is 2. The van der Waals surface area contributed by atoms with Crippen LogP contribution in [0.25, 0.3) is 11.1 Å². The van der Waals surface area contributed by atoms with Crippen LogP contribution < -0.4 is 5.32 Å². The second-order valence-corrected chi connectivity index (χ2v) is 7.12. The van der Waals surface area contributed by atoms with Crippen molar-refractivity contribution >= 4 is 5.84 Å². The summed E-state index contributed by atoms with van der Waals surface area (Å²) in [4.78, 5) is 4.39. The molecule has 4 rings (SSSR count). The molecular formula is C22H25F3N2O. The highest BCUT2D eigenvalue weighted by molar-refractivity contribution is 5.86. The number of aliphatic hydroxyl groups is 1. The molecule has 2 N–H and O–H groups in total. The van der Waals surface area contributed by atoms with E-state index in [1.165, 1.54) is 18.6 Å². The Kier molecular flexibility index (Phi) is 6.73. The number of nitrogens with one attached hydrogen (secondary N) is 1. The van der Waals surface area contributed by atoms with Crippen LogP contribution in [-0.2, 0) is 6.18 Å². The predicted octanol–water partition coefficient (Wildman–Crippen LogP) is 4.91. The molecule has 2 aliphatic rings. The van der Waals surface area contributed by atoms with Crippen molar-refractivity contribution in [2.45, 2.75) is 38.0 Å². The lowest BCUT2D eigenvalue weighted by Crippen LogP contribution is -2.32. The Labute approximate surface area is 163 Å². The largest absolute Gasteiger partial charge is 0.417 e. The Bertz CT molecular complexity index is 790. The molecule has 150 valence electrons. The van der Waals surface area contributed by atoms with Crippen molar-refractivity contribution in [1.29, 1.82) is 0 Å². The first-order valence-electron chi connectivity index (χ1n) is 9.63. The van der Waals surface area contributed by atoms with Crippen LogP contribution in [0.3, 0.4) is 0 Å². The molecular weight excluding hydrogens is 365 g/mol. The average Bonchev–Trinajstić information content (AvgIpc) is 3.24. The van der Waals surface area contributed by atoms with Gasteiger partial charge < -0.3 is 10.4 Å². The van der Waals surface area contributed by atoms with Gasteiger partial charge in [-0.1, -0.05) is 55.0 Å². The molecule has 3 nitrogen and oxygen atoms in total. The molecule has 1 fully saturated rings. The third-order valence-electron chi connectivity index (χ3n) is 5.05. The topological polar surface area (TPSA) is 44.6 Å². The van der Waals surface area contributed by atoms with Gasteiger partial charge in [0.25, 0.3) is 0 Å². The predicted molar refractivity (Wildman–Crippen MR) is 105 cm³/mol. The maximum Gasteiger partial charge on any atom is 0.417 e. The number of hydrogen-bond donors (Lipinski definition) is 2. The van der Waals surface area contributed by atoms with Crippen molar-refractivity contribution in [3.05, 3.63) is 60.2 Å². The van der Waals surface area contributed by atoms with E-state index in [4.69, 9.17) is 0 Å². The molecule has 1 heterocycles. The number of aliphatic imine (C=N–C) groups is 1. The quantitative estimate of drug-likeness (QED) is 0.765. The molecule has 1 aliphatic carbocycles. The molecule has 1 aliphatic heterocycles. The first-order valence-corrected chi connectivity index (χ1v) is 9.63. The summed E-state index contributed by atoms with van der Waals surface area (Å²) in [5.41, 5.74) is 0.201. The third-order valence-corrected chi connectivity index (χ3v) is 5.05. The molecule has 6 heteroatoms. The van der Waals surface area contributed by atoms with E-state index in [1.807, 2.05) is 0 Å². The molecule has 0 aromatic heterocycles. The van der Waals surface area contributed by atoms with Crippen LogP contribution in [0.4, 0.5) is 13.2 Å². The molecule has 1 saturated carbocycles. The smallest absolute Gasteiger partial charge is 0.393 e. The minimum absolute atomic E-state index is 0.0890. The van der Waals surface area contributed by atoms with E-state index >= 15 is 0 Å². The summed E-state index contributed by atoms with van der Waals surface area (Å²) in [7, 11) is 0. The summed E-state index contributed by atoms with van der Waals surface area (Å²) in [5, 5.41) is 12.7. The summed E-state index contributed by atoms with van der Waals surface area (Å²) < 4.78 is 38.2. The van der Waals surface area contributed by atoms with Crippen LogP contribution in [0.5, 0.6) is 0 Å². The highest BCUT2D eigenvalue weighted by Crippen LogP contribution is 2.36. The molecule has 0 amide bonds. The Morgan fingerprint density at radius 2 is 1.68 bits per heavy atom. The molecule has 2 atom stereocenters. The number of hydrogen-bond acceptors (Lipinski definition) is 3. The van der Waals surface area contributed by atoms with E-state index in [0.717, 1.165) is 44.3 Å². The van der Waals surface area contributed by atoms with Crippen molar-refractivity contribution in [3.63, 3.8) is 0 Å². The monoisotopic (exact) mass is 390 g/mol. The lowest BCUT2D eigenvalue weighted by Gasteiger charge is -2.25. The van der Waals surface area contributed by atoms with Crippen LogP contribution in [-0.4, -0.2) is 30.1 Å². The van der Waals surface area contributed by atoms with E-state index < -0.39 is 11.7 Å². The SMILES string of the molecule is FC(F)(F)c1ccccc1-c1ccccc1.OC1CCCC(C2=NCCN2)C1. The van der Waals surface area contributed by atoms with Gasteiger partial charge in [-0.15, -0.1) is 0 Å². The van der Waals surface area contributed by atoms with Gasteiger partial charge in [0.1, 0.15) is 0 Å². The van der Waals surface area contributed by atoms with Crippen molar-refractivity contribution in [2.24, 2.45) is 10.9 Å².